The van der Waals surface area contributed by atoms with Crippen molar-refractivity contribution in [2.45, 2.75) is 33.1 Å². The summed E-state index contributed by atoms with van der Waals surface area (Å²) in [4.78, 5) is 0. The molecule has 1 aliphatic carbocycles. The molecule has 1 fully saturated rings. The fraction of sp³-hybridized carbons (Fsp3) is 0.500. The summed E-state index contributed by atoms with van der Waals surface area (Å²) in [6.45, 7) is 4.44. The van der Waals surface area contributed by atoms with E-state index in [1.165, 1.54) is 30.4 Å². The second-order valence-electron chi connectivity index (χ2n) is 4.01. The van der Waals surface area contributed by atoms with Crippen molar-refractivity contribution in [1.29, 1.82) is 0 Å². The molecule has 0 N–H and O–H groups in total. The van der Waals surface area contributed by atoms with E-state index in [2.05, 4.69) is 32.0 Å². The van der Waals surface area contributed by atoms with E-state index in [0.717, 1.165) is 5.92 Å². The van der Waals surface area contributed by atoms with Crippen LogP contribution in [0.2, 0.25) is 0 Å². The van der Waals surface area contributed by atoms with Crippen molar-refractivity contribution in [1.82, 2.24) is 0 Å². The summed E-state index contributed by atoms with van der Waals surface area (Å²) in [6.07, 6.45) is 4.22. The summed E-state index contributed by atoms with van der Waals surface area (Å²) in [5.41, 5.74) is 4.51. The van der Waals surface area contributed by atoms with Crippen molar-refractivity contribution in [3.05, 3.63) is 34.9 Å². The van der Waals surface area contributed by atoms with Crippen molar-refractivity contribution in [3.8, 4) is 0 Å². The molecule has 1 saturated carbocycles. The van der Waals surface area contributed by atoms with E-state index < -0.39 is 0 Å². The van der Waals surface area contributed by atoms with E-state index in [-0.39, 0.29) is 0 Å². The van der Waals surface area contributed by atoms with Crippen molar-refractivity contribution >= 4 is 0 Å². The molecule has 0 nitrogen and oxygen atoms in total. The molecule has 0 aliphatic heterocycles. The van der Waals surface area contributed by atoms with Gasteiger partial charge in [0.1, 0.15) is 0 Å². The summed E-state index contributed by atoms with van der Waals surface area (Å²) in [5, 5.41) is 0. The monoisotopic (exact) mass is 160 g/mol. The first-order valence-corrected chi connectivity index (χ1v) is 4.82. The SMILES string of the molecule is Cc1cccc(CC2CC2)c1C. The third-order valence-electron chi connectivity index (χ3n) is 2.92. The van der Waals surface area contributed by atoms with Gasteiger partial charge in [-0.15, -0.1) is 0 Å². The summed E-state index contributed by atoms with van der Waals surface area (Å²) in [6, 6.07) is 6.66. The molecule has 0 aromatic heterocycles. The van der Waals surface area contributed by atoms with Gasteiger partial charge in [-0.1, -0.05) is 18.2 Å². The smallest absolute Gasteiger partial charge is 0.0248 e. The zero-order valence-corrected chi connectivity index (χ0v) is 7.93. The Kier molecular flexibility index (Phi) is 1.92. The Hall–Kier alpha value is -0.780. The predicted molar refractivity (Wildman–Crippen MR) is 52.3 cm³/mol. The van der Waals surface area contributed by atoms with Crippen molar-refractivity contribution in [2.75, 3.05) is 0 Å². The van der Waals surface area contributed by atoms with Crippen LogP contribution in [-0.2, 0) is 6.42 Å². The lowest BCUT2D eigenvalue weighted by Crippen LogP contribution is -1.93. The van der Waals surface area contributed by atoms with E-state index in [9.17, 15) is 0 Å². The van der Waals surface area contributed by atoms with Crippen LogP contribution in [-0.4, -0.2) is 0 Å². The number of aryl methyl sites for hydroxylation is 1. The minimum absolute atomic E-state index is 1.01. The molecule has 0 heteroatoms. The van der Waals surface area contributed by atoms with Crippen LogP contribution < -0.4 is 0 Å². The predicted octanol–water partition coefficient (Wildman–Crippen LogP) is 3.26. The molecule has 0 heterocycles. The highest BCUT2D eigenvalue weighted by atomic mass is 14.3. The van der Waals surface area contributed by atoms with Gasteiger partial charge in [-0.2, -0.15) is 0 Å². The van der Waals surface area contributed by atoms with Crippen molar-refractivity contribution < 1.29 is 0 Å². The molecular formula is C12H16. The fourth-order valence-corrected chi connectivity index (χ4v) is 1.67. The average molecular weight is 160 g/mol. The van der Waals surface area contributed by atoms with Gasteiger partial charge in [0.05, 0.1) is 0 Å². The normalized spacial score (nSPS) is 16.5. The van der Waals surface area contributed by atoms with Gasteiger partial charge in [0.15, 0.2) is 0 Å². The maximum Gasteiger partial charge on any atom is -0.0248 e. The Balaban J connectivity index is 2.23. The molecule has 64 valence electrons. The molecular weight excluding hydrogens is 144 g/mol. The van der Waals surface area contributed by atoms with E-state index in [1.807, 2.05) is 0 Å². The van der Waals surface area contributed by atoms with Gasteiger partial charge in [-0.25, -0.2) is 0 Å². The summed E-state index contributed by atoms with van der Waals surface area (Å²) in [7, 11) is 0. The second kappa shape index (κ2) is 2.93. The third kappa shape index (κ3) is 1.52. The lowest BCUT2D eigenvalue weighted by atomic mass is 9.99. The van der Waals surface area contributed by atoms with Gasteiger partial charge in [0.25, 0.3) is 0 Å². The van der Waals surface area contributed by atoms with Crippen LogP contribution in [0.25, 0.3) is 0 Å². The van der Waals surface area contributed by atoms with Gasteiger partial charge < -0.3 is 0 Å². The van der Waals surface area contributed by atoms with E-state index >= 15 is 0 Å². The molecule has 0 unspecified atom stereocenters. The number of hydrogen-bond donors (Lipinski definition) is 0. The van der Waals surface area contributed by atoms with Gasteiger partial charge in [-0.3, -0.25) is 0 Å². The lowest BCUT2D eigenvalue weighted by molar-refractivity contribution is 0.825. The van der Waals surface area contributed by atoms with Crippen LogP contribution >= 0.6 is 0 Å². The molecule has 2 rings (SSSR count). The van der Waals surface area contributed by atoms with E-state index in [0.29, 0.717) is 0 Å². The van der Waals surface area contributed by atoms with E-state index in [1.54, 1.807) is 5.56 Å². The molecule has 12 heavy (non-hydrogen) atoms. The molecule has 1 aromatic carbocycles. The standard InChI is InChI=1S/C12H16/c1-9-4-3-5-12(10(9)2)8-11-6-7-11/h3-5,11H,6-8H2,1-2H3. The maximum absolute atomic E-state index is 2.28. The van der Waals surface area contributed by atoms with Crippen molar-refractivity contribution in [2.24, 2.45) is 5.92 Å². The van der Waals surface area contributed by atoms with Crippen LogP contribution in [0.15, 0.2) is 18.2 Å². The highest BCUT2D eigenvalue weighted by Crippen LogP contribution is 2.33. The third-order valence-corrected chi connectivity index (χ3v) is 2.92. The Morgan fingerprint density at radius 3 is 2.67 bits per heavy atom. The van der Waals surface area contributed by atoms with Crippen molar-refractivity contribution in [3.63, 3.8) is 0 Å². The Morgan fingerprint density at radius 1 is 1.25 bits per heavy atom. The zero-order chi connectivity index (χ0) is 8.55. The summed E-state index contributed by atoms with van der Waals surface area (Å²) >= 11 is 0. The summed E-state index contributed by atoms with van der Waals surface area (Å²) in [5.74, 6) is 1.01. The minimum Gasteiger partial charge on any atom is -0.0617 e. The quantitative estimate of drug-likeness (QED) is 0.623. The largest absolute Gasteiger partial charge is 0.0617 e. The highest BCUT2D eigenvalue weighted by Gasteiger charge is 2.21. The van der Waals surface area contributed by atoms with Crippen LogP contribution in [0.4, 0.5) is 0 Å². The molecule has 0 saturated heterocycles. The van der Waals surface area contributed by atoms with Crippen LogP contribution in [0.3, 0.4) is 0 Å². The first-order chi connectivity index (χ1) is 5.77. The zero-order valence-electron chi connectivity index (χ0n) is 7.93. The maximum atomic E-state index is 2.28. The first kappa shape index (κ1) is 7.85. The topological polar surface area (TPSA) is 0 Å². The number of benzene rings is 1. The number of rotatable bonds is 2. The van der Waals surface area contributed by atoms with Gasteiger partial charge in [0.2, 0.25) is 0 Å². The first-order valence-electron chi connectivity index (χ1n) is 4.82. The molecule has 0 atom stereocenters. The Morgan fingerprint density at radius 2 is 2.00 bits per heavy atom. The minimum atomic E-state index is 1.01. The highest BCUT2D eigenvalue weighted by molar-refractivity contribution is 5.33. The van der Waals surface area contributed by atoms with Crippen LogP contribution in [0, 0.1) is 19.8 Å². The molecule has 0 spiro atoms. The molecule has 0 bridgehead atoms. The van der Waals surface area contributed by atoms with Crippen LogP contribution in [0.5, 0.6) is 0 Å². The molecule has 1 aromatic rings. The van der Waals surface area contributed by atoms with Crippen LogP contribution in [0.1, 0.15) is 29.5 Å². The fourth-order valence-electron chi connectivity index (χ4n) is 1.67. The Labute approximate surface area is 74.6 Å². The van der Waals surface area contributed by atoms with Gasteiger partial charge >= 0.3 is 0 Å². The molecule has 0 amide bonds. The second-order valence-corrected chi connectivity index (χ2v) is 4.01. The molecule has 0 radical (unpaired) electrons. The van der Waals surface area contributed by atoms with Gasteiger partial charge in [-0.05, 0) is 55.7 Å². The Bertz CT molecular complexity index is 282. The van der Waals surface area contributed by atoms with E-state index in [4.69, 9.17) is 0 Å². The van der Waals surface area contributed by atoms with Gasteiger partial charge in [0, 0.05) is 0 Å². The summed E-state index contributed by atoms with van der Waals surface area (Å²) < 4.78 is 0. The number of hydrogen-bond acceptors (Lipinski definition) is 0. The lowest BCUT2D eigenvalue weighted by Gasteiger charge is -2.06. The molecule has 1 aliphatic rings. The average Bonchev–Trinajstić information content (AvgIpc) is 2.83.